The predicted molar refractivity (Wildman–Crippen MR) is 101 cm³/mol. The topological polar surface area (TPSA) is 66.1 Å². The fraction of sp³-hybridized carbons (Fsp3) is 0.286. The Hall–Kier alpha value is -3.02. The van der Waals surface area contributed by atoms with Crippen LogP contribution in [-0.4, -0.2) is 33.9 Å². The van der Waals surface area contributed by atoms with E-state index in [1.807, 2.05) is 23.1 Å². The highest BCUT2D eigenvalue weighted by Crippen LogP contribution is 2.26. The molecule has 1 saturated heterocycles. The molecule has 5 nitrogen and oxygen atoms in total. The first-order valence-corrected chi connectivity index (χ1v) is 9.10. The number of amides is 1. The van der Waals surface area contributed by atoms with E-state index in [0.717, 1.165) is 29.5 Å². The number of H-pyrrole nitrogens is 1. The van der Waals surface area contributed by atoms with Crippen LogP contribution in [0.5, 0.6) is 0 Å². The Morgan fingerprint density at radius 3 is 2.89 bits per heavy atom. The Balaban J connectivity index is 1.51. The predicted octanol–water partition coefficient (Wildman–Crippen LogP) is 3.01. The van der Waals surface area contributed by atoms with Crippen LogP contribution in [0.3, 0.4) is 0 Å². The summed E-state index contributed by atoms with van der Waals surface area (Å²) >= 11 is 0. The second-order valence-corrected chi connectivity index (χ2v) is 6.98. The van der Waals surface area contributed by atoms with E-state index in [9.17, 15) is 14.0 Å². The highest BCUT2D eigenvalue weighted by atomic mass is 19.1. The minimum absolute atomic E-state index is 0.0242. The van der Waals surface area contributed by atoms with E-state index in [4.69, 9.17) is 0 Å². The quantitative estimate of drug-likeness (QED) is 0.776. The number of nitrogens with zero attached hydrogens (tertiary/aromatic N) is 2. The maximum absolute atomic E-state index is 13.0. The molecule has 1 amide bonds. The largest absolute Gasteiger partial charge is 0.342 e. The first kappa shape index (κ1) is 17.4. The lowest BCUT2D eigenvalue weighted by molar-refractivity contribution is -0.131. The van der Waals surface area contributed by atoms with Gasteiger partial charge in [-0.3, -0.25) is 14.6 Å². The Morgan fingerprint density at radius 2 is 2.07 bits per heavy atom. The summed E-state index contributed by atoms with van der Waals surface area (Å²) in [4.78, 5) is 33.9. The second-order valence-electron chi connectivity index (χ2n) is 6.98. The van der Waals surface area contributed by atoms with Gasteiger partial charge in [-0.05, 0) is 42.7 Å². The van der Waals surface area contributed by atoms with Crippen molar-refractivity contribution in [3.63, 3.8) is 0 Å². The zero-order chi connectivity index (χ0) is 18.8. The number of hydrogen-bond acceptors (Lipinski definition) is 3. The van der Waals surface area contributed by atoms with Crippen LogP contribution in [0.25, 0.3) is 10.9 Å². The van der Waals surface area contributed by atoms with Gasteiger partial charge >= 0.3 is 0 Å². The molecule has 1 fully saturated rings. The number of carbonyl (C=O) groups is 1. The van der Waals surface area contributed by atoms with Crippen molar-refractivity contribution in [2.75, 3.05) is 13.1 Å². The summed E-state index contributed by atoms with van der Waals surface area (Å²) in [5.41, 5.74) is 1.88. The van der Waals surface area contributed by atoms with Crippen LogP contribution in [0.2, 0.25) is 0 Å². The van der Waals surface area contributed by atoms with Gasteiger partial charge in [0.1, 0.15) is 11.3 Å². The van der Waals surface area contributed by atoms with Crippen molar-refractivity contribution in [3.05, 3.63) is 76.1 Å². The van der Waals surface area contributed by atoms with E-state index in [1.54, 1.807) is 18.3 Å². The number of pyridine rings is 2. The molecule has 1 atom stereocenters. The molecule has 0 saturated carbocycles. The average molecular weight is 365 g/mol. The molecule has 0 bridgehead atoms. The summed E-state index contributed by atoms with van der Waals surface area (Å²) in [5, 5.41) is 0.811. The van der Waals surface area contributed by atoms with Gasteiger partial charge in [0, 0.05) is 36.3 Å². The van der Waals surface area contributed by atoms with Crippen molar-refractivity contribution in [1.82, 2.24) is 14.9 Å². The molecular formula is C21H20FN3O2. The van der Waals surface area contributed by atoms with Gasteiger partial charge in [-0.1, -0.05) is 18.2 Å². The second kappa shape index (κ2) is 7.31. The van der Waals surface area contributed by atoms with Crippen LogP contribution >= 0.6 is 0 Å². The van der Waals surface area contributed by atoms with Crippen LogP contribution in [0.4, 0.5) is 4.39 Å². The minimum Gasteiger partial charge on any atom is -0.342 e. The normalized spacial score (nSPS) is 17.2. The molecule has 0 aliphatic carbocycles. The number of rotatable bonds is 3. The Bertz CT molecular complexity index is 1030. The number of piperidine rings is 1. The molecule has 1 aromatic carbocycles. The van der Waals surface area contributed by atoms with Gasteiger partial charge in [0.15, 0.2) is 0 Å². The van der Waals surface area contributed by atoms with Gasteiger partial charge < -0.3 is 9.88 Å². The summed E-state index contributed by atoms with van der Waals surface area (Å²) in [6.45, 7) is 1.28. The van der Waals surface area contributed by atoms with Gasteiger partial charge in [0.25, 0.3) is 5.56 Å². The number of benzene rings is 1. The van der Waals surface area contributed by atoms with Crippen molar-refractivity contribution in [2.45, 2.75) is 25.2 Å². The summed E-state index contributed by atoms with van der Waals surface area (Å²) in [5.74, 6) is -0.191. The molecule has 6 heteroatoms. The van der Waals surface area contributed by atoms with Crippen molar-refractivity contribution in [3.8, 4) is 0 Å². The first-order chi connectivity index (χ1) is 13.1. The molecule has 138 valence electrons. The molecule has 1 N–H and O–H groups in total. The Labute approximate surface area is 155 Å². The molecule has 27 heavy (non-hydrogen) atoms. The minimum atomic E-state index is -0.306. The van der Waals surface area contributed by atoms with Gasteiger partial charge in [0.2, 0.25) is 5.91 Å². The summed E-state index contributed by atoms with van der Waals surface area (Å²) in [6.07, 6.45) is 3.66. The molecule has 4 rings (SSSR count). The maximum atomic E-state index is 13.0. The summed E-state index contributed by atoms with van der Waals surface area (Å²) in [7, 11) is 0. The van der Waals surface area contributed by atoms with Crippen molar-refractivity contribution in [1.29, 1.82) is 0 Å². The first-order valence-electron chi connectivity index (χ1n) is 9.10. The van der Waals surface area contributed by atoms with E-state index in [1.165, 1.54) is 12.1 Å². The fourth-order valence-electron chi connectivity index (χ4n) is 3.68. The number of halogens is 1. The van der Waals surface area contributed by atoms with E-state index < -0.39 is 0 Å². The van der Waals surface area contributed by atoms with Crippen LogP contribution in [0.15, 0.2) is 53.5 Å². The number of carbonyl (C=O) groups excluding carboxylic acids is 1. The number of likely N-dealkylation sites (tertiary alicyclic amines) is 1. The summed E-state index contributed by atoms with van der Waals surface area (Å²) < 4.78 is 13.0. The third kappa shape index (κ3) is 3.74. The molecule has 1 aliphatic heterocycles. The van der Waals surface area contributed by atoms with Gasteiger partial charge in [0.05, 0.1) is 6.42 Å². The molecule has 3 heterocycles. The lowest BCUT2D eigenvalue weighted by Gasteiger charge is -2.33. The number of aromatic nitrogens is 2. The Morgan fingerprint density at radius 1 is 1.26 bits per heavy atom. The third-order valence-corrected chi connectivity index (χ3v) is 5.11. The lowest BCUT2D eigenvalue weighted by atomic mass is 9.93. The van der Waals surface area contributed by atoms with E-state index in [0.29, 0.717) is 18.6 Å². The van der Waals surface area contributed by atoms with E-state index >= 15 is 0 Å². The number of aromatic amines is 1. The van der Waals surface area contributed by atoms with Crippen LogP contribution in [0.1, 0.15) is 30.0 Å². The molecular weight excluding hydrogens is 345 g/mol. The number of fused-ring (bicyclic) bond motifs is 1. The van der Waals surface area contributed by atoms with E-state index in [-0.39, 0.29) is 29.6 Å². The van der Waals surface area contributed by atoms with Crippen molar-refractivity contribution >= 4 is 16.8 Å². The highest BCUT2D eigenvalue weighted by Gasteiger charge is 2.25. The van der Waals surface area contributed by atoms with Crippen LogP contribution in [0, 0.1) is 5.82 Å². The third-order valence-electron chi connectivity index (χ3n) is 5.11. The van der Waals surface area contributed by atoms with Crippen molar-refractivity contribution in [2.24, 2.45) is 0 Å². The number of nitrogens with one attached hydrogen (secondary N) is 1. The molecule has 1 aliphatic rings. The van der Waals surface area contributed by atoms with E-state index in [2.05, 4.69) is 9.97 Å². The zero-order valence-corrected chi connectivity index (χ0v) is 14.8. The average Bonchev–Trinajstić information content (AvgIpc) is 2.70. The summed E-state index contributed by atoms with van der Waals surface area (Å²) in [6, 6.07) is 11.7. The highest BCUT2D eigenvalue weighted by molar-refractivity contribution is 5.79. The van der Waals surface area contributed by atoms with Crippen molar-refractivity contribution < 1.29 is 9.18 Å². The SMILES string of the molecule is O=C(Cc1ccc(F)cc1)N1CCC[C@H](c2cc3cccnc3c(=O)[nH]2)C1. The molecule has 0 spiro atoms. The zero-order valence-electron chi connectivity index (χ0n) is 14.8. The monoisotopic (exact) mass is 365 g/mol. The molecule has 0 unspecified atom stereocenters. The molecule has 0 radical (unpaired) electrons. The van der Waals surface area contributed by atoms with Gasteiger partial charge in [-0.15, -0.1) is 0 Å². The standard InChI is InChI=1S/C21H20FN3O2/c22-17-7-5-14(6-8-17)11-19(26)25-10-2-4-16(13-25)18-12-15-3-1-9-23-20(15)21(27)24-18/h1,3,5-9,12,16H,2,4,10-11,13H2,(H,24,27)/t16-/m0/s1. The van der Waals surface area contributed by atoms with Crippen LogP contribution < -0.4 is 5.56 Å². The molecule has 2 aromatic heterocycles. The number of hydrogen-bond donors (Lipinski definition) is 1. The molecule has 3 aromatic rings. The lowest BCUT2D eigenvalue weighted by Crippen LogP contribution is -2.40. The van der Waals surface area contributed by atoms with Gasteiger partial charge in [-0.2, -0.15) is 0 Å². The van der Waals surface area contributed by atoms with Gasteiger partial charge in [-0.25, -0.2) is 4.39 Å². The fourth-order valence-corrected chi connectivity index (χ4v) is 3.68. The Kier molecular flexibility index (Phi) is 4.71. The van der Waals surface area contributed by atoms with Crippen LogP contribution in [-0.2, 0) is 11.2 Å². The maximum Gasteiger partial charge on any atom is 0.274 e. The smallest absolute Gasteiger partial charge is 0.274 e.